The molecule has 104 valence electrons. The van der Waals surface area contributed by atoms with Gasteiger partial charge in [0, 0.05) is 12.2 Å². The van der Waals surface area contributed by atoms with Gasteiger partial charge in [0.15, 0.2) is 0 Å². The highest BCUT2D eigenvalue weighted by Crippen LogP contribution is 2.16. The van der Waals surface area contributed by atoms with Crippen LogP contribution in [-0.4, -0.2) is 30.3 Å². The van der Waals surface area contributed by atoms with Crippen molar-refractivity contribution in [3.63, 3.8) is 0 Å². The second kappa shape index (κ2) is 7.41. The number of hydrogen-bond donors (Lipinski definition) is 1. The van der Waals surface area contributed by atoms with Crippen LogP contribution in [0.25, 0.3) is 0 Å². The molecule has 5 heteroatoms. The van der Waals surface area contributed by atoms with Crippen molar-refractivity contribution in [3.05, 3.63) is 29.8 Å². The Bertz CT molecular complexity index is 428. The fourth-order valence-electron chi connectivity index (χ4n) is 1.58. The number of amides is 1. The molecule has 5 nitrogen and oxygen atoms in total. The number of carbonyl (C=O) groups is 2. The maximum Gasteiger partial charge on any atom is 0.414 e. The second-order valence-corrected chi connectivity index (χ2v) is 4.06. The molecule has 1 aromatic carbocycles. The number of rotatable bonds is 6. The molecule has 1 rings (SSSR count). The molecule has 1 N–H and O–H groups in total. The molecule has 1 amide bonds. The number of carboxylic acid groups (broad SMARTS) is 1. The van der Waals surface area contributed by atoms with Gasteiger partial charge in [-0.25, -0.2) is 9.59 Å². The van der Waals surface area contributed by atoms with Gasteiger partial charge in [-0.1, -0.05) is 13.3 Å². The van der Waals surface area contributed by atoms with E-state index in [1.165, 1.54) is 17.0 Å². The molecule has 0 atom stereocenters. The molecule has 0 unspecified atom stereocenters. The van der Waals surface area contributed by atoms with Gasteiger partial charge in [0.05, 0.1) is 12.2 Å². The van der Waals surface area contributed by atoms with Gasteiger partial charge in [-0.05, 0) is 37.6 Å². The Balaban J connectivity index is 2.73. The van der Waals surface area contributed by atoms with Gasteiger partial charge in [0.25, 0.3) is 0 Å². The van der Waals surface area contributed by atoms with Crippen molar-refractivity contribution in [2.45, 2.75) is 26.7 Å². The van der Waals surface area contributed by atoms with Crippen LogP contribution in [-0.2, 0) is 4.74 Å². The summed E-state index contributed by atoms with van der Waals surface area (Å²) in [6.45, 7) is 4.73. The van der Waals surface area contributed by atoms with Crippen LogP contribution in [0.3, 0.4) is 0 Å². The van der Waals surface area contributed by atoms with Crippen molar-refractivity contribution in [2.24, 2.45) is 0 Å². The first kappa shape index (κ1) is 15.0. The van der Waals surface area contributed by atoms with Crippen molar-refractivity contribution in [2.75, 3.05) is 18.1 Å². The molecule has 0 saturated carbocycles. The number of benzene rings is 1. The van der Waals surface area contributed by atoms with Crippen LogP contribution in [0.5, 0.6) is 0 Å². The molecule has 0 aliphatic heterocycles. The standard InChI is InChI=1S/C14H19NO4/c1-3-5-10-19-14(18)15(4-2)12-8-6-11(7-9-12)13(16)17/h6-9H,3-5,10H2,1-2H3,(H,16,17). The van der Waals surface area contributed by atoms with Crippen LogP contribution in [0, 0.1) is 0 Å². The van der Waals surface area contributed by atoms with Crippen LogP contribution in [0.15, 0.2) is 24.3 Å². The number of anilines is 1. The maximum absolute atomic E-state index is 11.9. The van der Waals surface area contributed by atoms with Crippen LogP contribution in [0.2, 0.25) is 0 Å². The summed E-state index contributed by atoms with van der Waals surface area (Å²) in [6, 6.07) is 6.15. The molecule has 0 aliphatic carbocycles. The summed E-state index contributed by atoms with van der Waals surface area (Å²) in [5.74, 6) is -0.986. The highest BCUT2D eigenvalue weighted by Gasteiger charge is 2.15. The predicted octanol–water partition coefficient (Wildman–Crippen LogP) is 3.15. The summed E-state index contributed by atoms with van der Waals surface area (Å²) >= 11 is 0. The highest BCUT2D eigenvalue weighted by atomic mass is 16.6. The van der Waals surface area contributed by atoms with Gasteiger partial charge in [0.1, 0.15) is 0 Å². The number of ether oxygens (including phenoxy) is 1. The van der Waals surface area contributed by atoms with E-state index < -0.39 is 12.1 Å². The second-order valence-electron chi connectivity index (χ2n) is 4.06. The van der Waals surface area contributed by atoms with Crippen LogP contribution in [0.4, 0.5) is 10.5 Å². The highest BCUT2D eigenvalue weighted by molar-refractivity contribution is 5.90. The molecule has 0 spiro atoms. The number of nitrogens with zero attached hydrogens (tertiary/aromatic N) is 1. The van der Waals surface area contributed by atoms with E-state index in [-0.39, 0.29) is 5.56 Å². The summed E-state index contributed by atoms with van der Waals surface area (Å²) in [7, 11) is 0. The van der Waals surface area contributed by atoms with E-state index in [0.717, 1.165) is 12.8 Å². The summed E-state index contributed by atoms with van der Waals surface area (Å²) in [4.78, 5) is 24.1. The van der Waals surface area contributed by atoms with Crippen molar-refractivity contribution in [1.29, 1.82) is 0 Å². The molecule has 0 aliphatic rings. The molecule has 0 aromatic heterocycles. The van der Waals surface area contributed by atoms with Gasteiger partial charge in [-0.15, -0.1) is 0 Å². The zero-order valence-electron chi connectivity index (χ0n) is 11.3. The van der Waals surface area contributed by atoms with Gasteiger partial charge < -0.3 is 9.84 Å². The Kier molecular flexibility index (Phi) is 5.85. The SMILES string of the molecule is CCCCOC(=O)N(CC)c1ccc(C(=O)O)cc1. The molecule has 0 heterocycles. The lowest BCUT2D eigenvalue weighted by atomic mass is 10.2. The first-order valence-electron chi connectivity index (χ1n) is 6.37. The Morgan fingerprint density at radius 3 is 2.32 bits per heavy atom. The van der Waals surface area contributed by atoms with E-state index in [1.54, 1.807) is 12.1 Å². The van der Waals surface area contributed by atoms with E-state index in [0.29, 0.717) is 18.8 Å². The molecule has 0 radical (unpaired) electrons. The summed E-state index contributed by atoms with van der Waals surface area (Å²) in [5.41, 5.74) is 0.827. The third kappa shape index (κ3) is 4.28. The molecular formula is C14H19NO4. The lowest BCUT2D eigenvalue weighted by Gasteiger charge is -2.20. The van der Waals surface area contributed by atoms with E-state index >= 15 is 0 Å². The first-order chi connectivity index (χ1) is 9.10. The van der Waals surface area contributed by atoms with Gasteiger partial charge in [0.2, 0.25) is 0 Å². The Morgan fingerprint density at radius 2 is 1.84 bits per heavy atom. The Morgan fingerprint density at radius 1 is 1.21 bits per heavy atom. The lowest BCUT2D eigenvalue weighted by Crippen LogP contribution is -2.31. The molecule has 0 fully saturated rings. The smallest absolute Gasteiger partial charge is 0.414 e. The maximum atomic E-state index is 11.9. The average Bonchev–Trinajstić information content (AvgIpc) is 2.40. The summed E-state index contributed by atoms with van der Waals surface area (Å²) in [6.07, 6.45) is 1.40. The van der Waals surface area contributed by atoms with Crippen LogP contribution in [0.1, 0.15) is 37.0 Å². The minimum Gasteiger partial charge on any atom is -0.478 e. The van der Waals surface area contributed by atoms with Crippen molar-refractivity contribution in [1.82, 2.24) is 0 Å². The number of unbranched alkanes of at least 4 members (excludes halogenated alkanes) is 1. The number of hydrogen-bond acceptors (Lipinski definition) is 3. The van der Waals surface area contributed by atoms with Crippen molar-refractivity contribution >= 4 is 17.7 Å². The number of carboxylic acids is 1. The predicted molar refractivity (Wildman–Crippen MR) is 72.7 cm³/mol. The van der Waals surface area contributed by atoms with E-state index in [1.807, 2.05) is 13.8 Å². The third-order valence-electron chi connectivity index (χ3n) is 2.69. The first-order valence-corrected chi connectivity index (χ1v) is 6.37. The Labute approximate surface area is 112 Å². The summed E-state index contributed by atoms with van der Waals surface area (Å²) < 4.78 is 5.14. The van der Waals surface area contributed by atoms with E-state index in [4.69, 9.17) is 9.84 Å². The largest absolute Gasteiger partial charge is 0.478 e. The van der Waals surface area contributed by atoms with Crippen molar-refractivity contribution in [3.8, 4) is 0 Å². The summed E-state index contributed by atoms with van der Waals surface area (Å²) in [5, 5.41) is 8.82. The average molecular weight is 265 g/mol. The lowest BCUT2D eigenvalue weighted by molar-refractivity contribution is 0.0697. The molecular weight excluding hydrogens is 246 g/mol. The normalized spacial score (nSPS) is 10.0. The monoisotopic (exact) mass is 265 g/mol. The topological polar surface area (TPSA) is 66.8 Å². The number of carbonyl (C=O) groups excluding carboxylic acids is 1. The minimum atomic E-state index is -0.986. The van der Waals surface area contributed by atoms with Gasteiger partial charge >= 0.3 is 12.1 Å². The zero-order chi connectivity index (χ0) is 14.3. The Hall–Kier alpha value is -2.04. The van der Waals surface area contributed by atoms with Gasteiger partial charge in [-0.2, -0.15) is 0 Å². The molecule has 1 aromatic rings. The number of aromatic carboxylic acids is 1. The van der Waals surface area contributed by atoms with E-state index in [9.17, 15) is 9.59 Å². The quantitative estimate of drug-likeness (QED) is 0.802. The fraction of sp³-hybridized carbons (Fsp3) is 0.429. The van der Waals surface area contributed by atoms with Crippen molar-refractivity contribution < 1.29 is 19.4 Å². The molecule has 0 bridgehead atoms. The van der Waals surface area contributed by atoms with E-state index in [2.05, 4.69) is 0 Å². The minimum absolute atomic E-state index is 0.194. The fourth-order valence-corrected chi connectivity index (χ4v) is 1.58. The van der Waals surface area contributed by atoms with Gasteiger partial charge in [-0.3, -0.25) is 4.90 Å². The van der Waals surface area contributed by atoms with Crippen LogP contribution < -0.4 is 4.90 Å². The van der Waals surface area contributed by atoms with Crippen LogP contribution >= 0.6 is 0 Å². The molecule has 19 heavy (non-hydrogen) atoms. The molecule has 0 saturated heterocycles. The zero-order valence-corrected chi connectivity index (χ0v) is 11.3. The third-order valence-corrected chi connectivity index (χ3v) is 2.69.